The Hall–Kier alpha value is -4.12. The highest BCUT2D eigenvalue weighted by molar-refractivity contribution is 6.32. The number of anilines is 4. The van der Waals surface area contributed by atoms with Gasteiger partial charge in [0, 0.05) is 38.1 Å². The molecule has 1 aromatic carbocycles. The van der Waals surface area contributed by atoms with Crippen molar-refractivity contribution >= 4 is 46.7 Å². The van der Waals surface area contributed by atoms with Crippen molar-refractivity contribution in [2.75, 3.05) is 50.5 Å². The normalized spacial score (nSPS) is 14.8. The molecule has 2 aliphatic rings. The third kappa shape index (κ3) is 5.83. The van der Waals surface area contributed by atoms with E-state index in [2.05, 4.69) is 25.6 Å². The molecule has 5 rings (SSSR count). The van der Waals surface area contributed by atoms with E-state index in [1.54, 1.807) is 16.0 Å². The van der Waals surface area contributed by atoms with Crippen molar-refractivity contribution in [3.8, 4) is 5.75 Å². The average Bonchev–Trinajstić information content (AvgIpc) is 2.93. The van der Waals surface area contributed by atoms with E-state index in [4.69, 9.17) is 21.1 Å². The number of piperazine rings is 1. The largest absolute Gasteiger partial charge is 0.483 e. The summed E-state index contributed by atoms with van der Waals surface area (Å²) in [5.74, 6) is 1.35. The maximum absolute atomic E-state index is 12.8. The predicted octanol–water partition coefficient (Wildman–Crippen LogP) is 3.40. The van der Waals surface area contributed by atoms with Crippen molar-refractivity contribution in [2.24, 2.45) is 0 Å². The Morgan fingerprint density at radius 2 is 1.81 bits per heavy atom. The number of ether oxygens (including phenoxy) is 2. The molecular weight excluding hydrogens is 498 g/mol. The van der Waals surface area contributed by atoms with Crippen molar-refractivity contribution in [2.45, 2.75) is 12.8 Å². The summed E-state index contributed by atoms with van der Waals surface area (Å²) in [6, 6.07) is 7.65. The molecule has 0 radical (unpaired) electrons. The number of rotatable bonds is 3. The Kier molecular flexibility index (Phi) is 7.22. The highest BCUT2D eigenvalue weighted by Crippen LogP contribution is 2.30. The first-order valence-electron chi connectivity index (χ1n) is 11.9. The van der Waals surface area contributed by atoms with Crippen molar-refractivity contribution in [1.82, 2.24) is 24.8 Å². The Balaban J connectivity index is 1.33. The highest BCUT2D eigenvalue weighted by Gasteiger charge is 2.25. The zero-order valence-corrected chi connectivity index (χ0v) is 21.0. The van der Waals surface area contributed by atoms with Crippen molar-refractivity contribution in [3.05, 3.63) is 59.0 Å². The molecule has 3 aromatic rings. The summed E-state index contributed by atoms with van der Waals surface area (Å²) in [5.41, 5.74) is 3.51. The molecule has 2 aliphatic heterocycles. The van der Waals surface area contributed by atoms with Gasteiger partial charge in [0.25, 0.3) is 5.91 Å². The first-order valence-corrected chi connectivity index (χ1v) is 12.2. The monoisotopic (exact) mass is 523 g/mol. The van der Waals surface area contributed by atoms with Gasteiger partial charge in [-0.3, -0.25) is 9.78 Å². The molecule has 37 heavy (non-hydrogen) atoms. The van der Waals surface area contributed by atoms with E-state index in [-0.39, 0.29) is 18.6 Å². The number of aryl methyl sites for hydroxylation is 2. The Labute approximate surface area is 218 Å². The molecule has 0 aliphatic carbocycles. The smallest absolute Gasteiger partial charge is 0.409 e. The van der Waals surface area contributed by atoms with Crippen LogP contribution in [0.2, 0.25) is 5.02 Å². The van der Waals surface area contributed by atoms with Gasteiger partial charge in [-0.1, -0.05) is 11.6 Å². The number of pyridine rings is 1. The number of halogens is 1. The number of aromatic nitrogens is 3. The lowest BCUT2D eigenvalue weighted by atomic mass is 10.0. The first-order chi connectivity index (χ1) is 18.0. The second kappa shape index (κ2) is 10.9. The quantitative estimate of drug-likeness (QED) is 0.531. The van der Waals surface area contributed by atoms with E-state index in [9.17, 15) is 9.59 Å². The molecule has 0 spiro atoms. The molecule has 0 atom stereocenters. The molecule has 1 fully saturated rings. The first kappa shape index (κ1) is 24.6. The van der Waals surface area contributed by atoms with Gasteiger partial charge in [-0.05, 0) is 48.2 Å². The minimum atomic E-state index is -0.381. The summed E-state index contributed by atoms with van der Waals surface area (Å²) >= 11 is 6.33. The minimum Gasteiger partial charge on any atom is -0.483 e. The average molecular weight is 524 g/mol. The van der Waals surface area contributed by atoms with Crippen LogP contribution in [0.3, 0.4) is 0 Å². The SMILES string of the molecule is COC(=O)N1CCN(C(=O)COc2ccc3cc2CCc2cncc(c2)Nc2ncc(Cl)c(n2)N3)CC1. The van der Waals surface area contributed by atoms with E-state index >= 15 is 0 Å². The molecule has 4 heterocycles. The maximum atomic E-state index is 12.8. The van der Waals surface area contributed by atoms with E-state index in [1.165, 1.54) is 13.3 Å². The fourth-order valence-corrected chi connectivity index (χ4v) is 4.38. The molecular formula is C25H26ClN7O4. The zero-order valence-electron chi connectivity index (χ0n) is 20.2. The van der Waals surface area contributed by atoms with Gasteiger partial charge in [0.1, 0.15) is 10.8 Å². The number of carbonyl (C=O) groups is 2. The number of carbonyl (C=O) groups excluding carboxylic acids is 2. The number of amides is 2. The Bertz CT molecular complexity index is 1310. The van der Waals surface area contributed by atoms with Gasteiger partial charge in [-0.25, -0.2) is 9.78 Å². The van der Waals surface area contributed by atoms with Crippen molar-refractivity contribution in [1.29, 1.82) is 0 Å². The van der Waals surface area contributed by atoms with Crippen molar-refractivity contribution in [3.63, 3.8) is 0 Å². The van der Waals surface area contributed by atoms with Crippen LogP contribution >= 0.6 is 11.6 Å². The Morgan fingerprint density at radius 1 is 1.00 bits per heavy atom. The molecule has 2 amide bonds. The summed E-state index contributed by atoms with van der Waals surface area (Å²) in [5, 5.41) is 6.79. The fourth-order valence-electron chi connectivity index (χ4n) is 4.24. The van der Waals surface area contributed by atoms with Crippen LogP contribution in [0.4, 0.5) is 27.9 Å². The molecule has 2 N–H and O–H groups in total. The van der Waals surface area contributed by atoms with Crippen LogP contribution in [-0.2, 0) is 22.4 Å². The minimum absolute atomic E-state index is 0.0972. The van der Waals surface area contributed by atoms with Gasteiger partial charge >= 0.3 is 6.09 Å². The second-order valence-electron chi connectivity index (χ2n) is 8.67. The molecule has 6 bridgehead atoms. The van der Waals surface area contributed by atoms with E-state index in [0.29, 0.717) is 61.6 Å². The number of methoxy groups -OCH3 is 1. The number of fused-ring (bicyclic) bond motifs is 6. The number of hydrogen-bond acceptors (Lipinski definition) is 9. The lowest BCUT2D eigenvalue weighted by Crippen LogP contribution is -2.51. The summed E-state index contributed by atoms with van der Waals surface area (Å²) in [6.07, 6.45) is 6.06. The molecule has 0 saturated carbocycles. The van der Waals surface area contributed by atoms with Gasteiger partial charge in [-0.15, -0.1) is 0 Å². The number of nitrogens with zero attached hydrogens (tertiary/aromatic N) is 5. The van der Waals surface area contributed by atoms with Crippen LogP contribution < -0.4 is 15.4 Å². The van der Waals surface area contributed by atoms with E-state index in [1.807, 2.05) is 30.5 Å². The number of nitrogens with one attached hydrogen (secondary N) is 2. The van der Waals surface area contributed by atoms with Crippen LogP contribution in [0.5, 0.6) is 5.75 Å². The van der Waals surface area contributed by atoms with Gasteiger partial charge in [0.15, 0.2) is 12.4 Å². The Morgan fingerprint density at radius 3 is 2.62 bits per heavy atom. The van der Waals surface area contributed by atoms with Crippen molar-refractivity contribution < 1.29 is 19.1 Å². The van der Waals surface area contributed by atoms with Gasteiger partial charge in [0.05, 0.1) is 25.2 Å². The highest BCUT2D eigenvalue weighted by atomic mass is 35.5. The summed E-state index contributed by atoms with van der Waals surface area (Å²) in [6.45, 7) is 1.64. The van der Waals surface area contributed by atoms with E-state index in [0.717, 1.165) is 22.5 Å². The topological polar surface area (TPSA) is 122 Å². The van der Waals surface area contributed by atoms with Gasteiger partial charge < -0.3 is 29.9 Å². The summed E-state index contributed by atoms with van der Waals surface area (Å²) in [7, 11) is 1.35. The maximum Gasteiger partial charge on any atom is 0.409 e. The standard InChI is InChI=1S/C25H26ClN7O4/c1-36-25(35)33-8-6-32(7-9-33)22(34)15-37-21-5-4-18-11-17(21)3-2-16-10-19(13-27-12-16)30-24-28-14-20(26)23(29-18)31-24/h4-5,10-14H,2-3,6-9,15H2,1H3,(H2,28,29,30,31). The molecule has 1 saturated heterocycles. The van der Waals surface area contributed by atoms with Crippen LogP contribution in [-0.4, -0.2) is 76.6 Å². The number of benzene rings is 1. The second-order valence-corrected chi connectivity index (χ2v) is 9.08. The molecule has 0 unspecified atom stereocenters. The lowest BCUT2D eigenvalue weighted by Gasteiger charge is -2.33. The lowest BCUT2D eigenvalue weighted by molar-refractivity contribution is -0.134. The summed E-state index contributed by atoms with van der Waals surface area (Å²) < 4.78 is 10.7. The molecule has 11 nitrogen and oxygen atoms in total. The van der Waals surface area contributed by atoms with Gasteiger partial charge in [0.2, 0.25) is 5.95 Å². The molecule has 12 heteroatoms. The summed E-state index contributed by atoms with van der Waals surface area (Å²) in [4.78, 5) is 40.8. The predicted molar refractivity (Wildman–Crippen MR) is 138 cm³/mol. The van der Waals surface area contributed by atoms with Crippen LogP contribution in [0.1, 0.15) is 11.1 Å². The van der Waals surface area contributed by atoms with E-state index < -0.39 is 0 Å². The third-order valence-corrected chi connectivity index (χ3v) is 6.49. The molecule has 2 aromatic heterocycles. The van der Waals surface area contributed by atoms with Gasteiger partial charge in [-0.2, -0.15) is 4.98 Å². The molecule has 192 valence electrons. The van der Waals surface area contributed by atoms with Crippen LogP contribution in [0.15, 0.2) is 42.9 Å². The van der Waals surface area contributed by atoms with Crippen LogP contribution in [0.25, 0.3) is 0 Å². The third-order valence-electron chi connectivity index (χ3n) is 6.22. The fraction of sp³-hybridized carbons (Fsp3) is 0.320. The number of hydrogen-bond donors (Lipinski definition) is 2. The van der Waals surface area contributed by atoms with Crippen LogP contribution in [0, 0.1) is 0 Å². The zero-order chi connectivity index (χ0) is 25.8.